The molecule has 0 fully saturated rings. The first-order valence-electron chi connectivity index (χ1n) is 8.03. The number of carbonyl (C=O) groups is 1. The average molecular weight is 381 g/mol. The van der Waals surface area contributed by atoms with E-state index in [2.05, 4.69) is 5.32 Å². The molecule has 0 heterocycles. The van der Waals surface area contributed by atoms with Gasteiger partial charge in [0.1, 0.15) is 17.3 Å². The van der Waals surface area contributed by atoms with Gasteiger partial charge in [0.2, 0.25) is 0 Å². The molecule has 0 bridgehead atoms. The number of hydrogen-bond acceptors (Lipinski definition) is 3. The number of amides is 2. The Morgan fingerprint density at radius 1 is 1.27 bits per heavy atom. The van der Waals surface area contributed by atoms with E-state index in [-0.39, 0.29) is 29.2 Å². The van der Waals surface area contributed by atoms with E-state index in [0.29, 0.717) is 11.5 Å². The van der Waals surface area contributed by atoms with Crippen LogP contribution in [0.25, 0.3) is 0 Å². The molecule has 1 N–H and O–H groups in total. The molecule has 2 aromatic carbocycles. The summed E-state index contributed by atoms with van der Waals surface area (Å²) in [5, 5.41) is 3.15. The number of methoxy groups -OCH3 is 2. The van der Waals surface area contributed by atoms with Crippen LogP contribution >= 0.6 is 11.6 Å². The van der Waals surface area contributed by atoms with Gasteiger partial charge in [-0.25, -0.2) is 9.18 Å². The van der Waals surface area contributed by atoms with Crippen molar-refractivity contribution in [3.63, 3.8) is 0 Å². The zero-order chi connectivity index (χ0) is 19.3. The second-order valence-corrected chi connectivity index (χ2v) is 6.24. The van der Waals surface area contributed by atoms with Crippen molar-refractivity contribution < 1.29 is 18.7 Å². The molecule has 2 amide bonds. The highest BCUT2D eigenvalue weighted by atomic mass is 35.5. The van der Waals surface area contributed by atoms with Crippen molar-refractivity contribution in [2.75, 3.05) is 21.3 Å². The van der Waals surface area contributed by atoms with Crippen LogP contribution in [0.5, 0.6) is 11.5 Å². The van der Waals surface area contributed by atoms with Crippen LogP contribution < -0.4 is 14.8 Å². The summed E-state index contributed by atoms with van der Waals surface area (Å²) in [6.45, 7) is 1.90. The molecule has 140 valence electrons. The number of urea groups is 1. The van der Waals surface area contributed by atoms with Crippen molar-refractivity contribution >= 4 is 17.6 Å². The summed E-state index contributed by atoms with van der Waals surface area (Å²) < 4.78 is 24.4. The molecule has 1 atom stereocenters. The zero-order valence-corrected chi connectivity index (χ0v) is 15.9. The third kappa shape index (κ3) is 4.58. The second-order valence-electron chi connectivity index (χ2n) is 5.84. The van der Waals surface area contributed by atoms with E-state index in [0.717, 1.165) is 5.56 Å². The van der Waals surface area contributed by atoms with Crippen LogP contribution in [0, 0.1) is 5.82 Å². The maximum atomic E-state index is 13.9. The van der Waals surface area contributed by atoms with Crippen molar-refractivity contribution in [2.24, 2.45) is 0 Å². The lowest BCUT2D eigenvalue weighted by molar-refractivity contribution is 0.203. The molecule has 2 rings (SSSR count). The molecule has 0 aliphatic rings. The minimum Gasteiger partial charge on any atom is -0.497 e. The highest BCUT2D eigenvalue weighted by Gasteiger charge is 2.19. The maximum Gasteiger partial charge on any atom is 0.317 e. The van der Waals surface area contributed by atoms with Crippen molar-refractivity contribution in [3.8, 4) is 11.5 Å². The fraction of sp³-hybridized carbons (Fsp3) is 0.316. The molecule has 0 saturated heterocycles. The second kappa shape index (κ2) is 8.76. The Balaban J connectivity index is 2.09. The molecule has 0 radical (unpaired) electrons. The fourth-order valence-electron chi connectivity index (χ4n) is 2.54. The van der Waals surface area contributed by atoms with Gasteiger partial charge in [-0.3, -0.25) is 0 Å². The summed E-state index contributed by atoms with van der Waals surface area (Å²) in [7, 11) is 4.71. The highest BCUT2D eigenvalue weighted by Crippen LogP contribution is 2.29. The lowest BCUT2D eigenvalue weighted by Gasteiger charge is -2.23. The first-order valence-corrected chi connectivity index (χ1v) is 8.41. The lowest BCUT2D eigenvalue weighted by Crippen LogP contribution is -2.38. The summed E-state index contributed by atoms with van der Waals surface area (Å²) in [4.78, 5) is 13.8. The van der Waals surface area contributed by atoms with Crippen LogP contribution in [0.1, 0.15) is 24.1 Å². The average Bonchev–Trinajstić information content (AvgIpc) is 2.63. The smallest absolute Gasteiger partial charge is 0.317 e. The molecule has 1 unspecified atom stereocenters. The van der Waals surface area contributed by atoms with Gasteiger partial charge in [0.15, 0.2) is 0 Å². The predicted octanol–water partition coefficient (Wildman–Crippen LogP) is 4.40. The van der Waals surface area contributed by atoms with Crippen LogP contribution in [-0.2, 0) is 6.54 Å². The third-order valence-electron chi connectivity index (χ3n) is 4.05. The Hall–Kier alpha value is -2.47. The molecule has 0 saturated carbocycles. The number of carbonyl (C=O) groups excluding carboxylic acids is 1. The molecule has 7 heteroatoms. The maximum absolute atomic E-state index is 13.9. The molecule has 0 aliphatic heterocycles. The van der Waals surface area contributed by atoms with Gasteiger partial charge in [0.05, 0.1) is 26.8 Å². The summed E-state index contributed by atoms with van der Waals surface area (Å²) in [6.07, 6.45) is 0. The van der Waals surface area contributed by atoms with Gasteiger partial charge < -0.3 is 19.7 Å². The van der Waals surface area contributed by atoms with Crippen molar-refractivity contribution in [1.82, 2.24) is 10.2 Å². The summed E-state index contributed by atoms with van der Waals surface area (Å²) in [5.74, 6) is 0.828. The predicted molar refractivity (Wildman–Crippen MR) is 99.4 cm³/mol. The summed E-state index contributed by atoms with van der Waals surface area (Å²) in [6, 6.07) is 9.14. The minimum atomic E-state index is -0.443. The van der Waals surface area contributed by atoms with Gasteiger partial charge in [-0.2, -0.15) is 0 Å². The van der Waals surface area contributed by atoms with Crippen LogP contribution in [0.3, 0.4) is 0 Å². The van der Waals surface area contributed by atoms with Crippen molar-refractivity contribution in [2.45, 2.75) is 19.5 Å². The van der Waals surface area contributed by atoms with Crippen molar-refractivity contribution in [1.29, 1.82) is 0 Å². The van der Waals surface area contributed by atoms with E-state index >= 15 is 0 Å². The number of ether oxygens (including phenoxy) is 2. The molecule has 0 aliphatic carbocycles. The van der Waals surface area contributed by atoms with Gasteiger partial charge >= 0.3 is 6.03 Å². The van der Waals surface area contributed by atoms with E-state index in [1.807, 2.05) is 13.0 Å². The summed E-state index contributed by atoms with van der Waals surface area (Å²) in [5.41, 5.74) is 1.08. The Morgan fingerprint density at radius 2 is 2.00 bits per heavy atom. The Kier molecular flexibility index (Phi) is 6.69. The van der Waals surface area contributed by atoms with Gasteiger partial charge in [-0.05, 0) is 31.2 Å². The van der Waals surface area contributed by atoms with E-state index in [9.17, 15) is 9.18 Å². The normalized spacial score (nSPS) is 11.6. The number of hydrogen-bond donors (Lipinski definition) is 1. The van der Waals surface area contributed by atoms with Gasteiger partial charge in [-0.15, -0.1) is 0 Å². The molecular formula is C19H22ClFN2O3. The molecule has 0 spiro atoms. The molecule has 0 aromatic heterocycles. The first kappa shape index (κ1) is 19.8. The van der Waals surface area contributed by atoms with E-state index in [1.54, 1.807) is 39.5 Å². The van der Waals surface area contributed by atoms with Gasteiger partial charge in [-0.1, -0.05) is 17.7 Å². The van der Waals surface area contributed by atoms with Gasteiger partial charge in [0.25, 0.3) is 0 Å². The highest BCUT2D eigenvalue weighted by molar-refractivity contribution is 6.31. The lowest BCUT2D eigenvalue weighted by atomic mass is 10.1. The molecule has 5 nitrogen and oxygen atoms in total. The molecular weight excluding hydrogens is 359 g/mol. The Bertz CT molecular complexity index is 765. The Labute approximate surface area is 157 Å². The number of benzene rings is 2. The third-order valence-corrected chi connectivity index (χ3v) is 4.40. The van der Waals surface area contributed by atoms with E-state index in [4.69, 9.17) is 21.1 Å². The largest absolute Gasteiger partial charge is 0.497 e. The fourth-order valence-corrected chi connectivity index (χ4v) is 2.76. The van der Waals surface area contributed by atoms with Crippen LogP contribution in [0.4, 0.5) is 9.18 Å². The summed E-state index contributed by atoms with van der Waals surface area (Å²) >= 11 is 6.02. The molecule has 26 heavy (non-hydrogen) atoms. The monoisotopic (exact) mass is 380 g/mol. The quantitative estimate of drug-likeness (QED) is 0.808. The number of nitrogens with one attached hydrogen (secondary N) is 1. The van der Waals surface area contributed by atoms with Crippen LogP contribution in [-0.4, -0.2) is 32.2 Å². The number of halogens is 2. The van der Waals surface area contributed by atoms with E-state index < -0.39 is 5.82 Å². The number of rotatable bonds is 6. The van der Waals surface area contributed by atoms with Crippen molar-refractivity contribution in [3.05, 3.63) is 58.4 Å². The van der Waals surface area contributed by atoms with Crippen LogP contribution in [0.15, 0.2) is 36.4 Å². The topological polar surface area (TPSA) is 50.8 Å². The molecule has 2 aromatic rings. The zero-order valence-electron chi connectivity index (χ0n) is 15.2. The Morgan fingerprint density at radius 3 is 2.62 bits per heavy atom. The number of nitrogens with zero attached hydrogens (tertiary/aromatic N) is 1. The minimum absolute atomic E-state index is 0.0593. The van der Waals surface area contributed by atoms with Crippen LogP contribution in [0.2, 0.25) is 5.02 Å². The first-order chi connectivity index (χ1) is 12.4. The standard InChI is InChI=1S/C19H22ClFN2O3/c1-12(14-9-8-13(25-3)10-18(14)26-4)22-19(24)23(2)11-15-16(20)6-5-7-17(15)21/h5-10,12H,11H2,1-4H3,(H,22,24). The SMILES string of the molecule is COc1ccc(C(C)NC(=O)N(C)Cc2c(F)cccc2Cl)c(OC)c1. The van der Waals surface area contributed by atoms with E-state index in [1.165, 1.54) is 17.0 Å². The van der Waals surface area contributed by atoms with Gasteiger partial charge in [0, 0.05) is 29.3 Å².